The fourth-order valence-electron chi connectivity index (χ4n) is 3.98. The van der Waals surface area contributed by atoms with E-state index in [1.54, 1.807) is 29.5 Å². The molecule has 1 aromatic carbocycles. The summed E-state index contributed by atoms with van der Waals surface area (Å²) in [6.45, 7) is 4.72. The van der Waals surface area contributed by atoms with Crippen molar-refractivity contribution in [1.29, 1.82) is 0 Å². The van der Waals surface area contributed by atoms with Crippen LogP contribution in [0.5, 0.6) is 5.06 Å². The summed E-state index contributed by atoms with van der Waals surface area (Å²) < 4.78 is 25.4. The lowest BCUT2D eigenvalue weighted by Crippen LogP contribution is -2.30. The van der Waals surface area contributed by atoms with E-state index < -0.39 is 11.9 Å². The van der Waals surface area contributed by atoms with E-state index in [0.29, 0.717) is 30.1 Å². The molecule has 2 heterocycles. The van der Waals surface area contributed by atoms with Crippen LogP contribution < -0.4 is 4.74 Å². The second kappa shape index (κ2) is 13.3. The van der Waals surface area contributed by atoms with Crippen molar-refractivity contribution in [3.63, 3.8) is 0 Å². The van der Waals surface area contributed by atoms with Gasteiger partial charge in [0, 0.05) is 48.8 Å². The zero-order valence-corrected chi connectivity index (χ0v) is 21.4. The number of Topliss-reactive ketones (excluding diaryl/α,β-unsaturated/α-hetero) is 1. The van der Waals surface area contributed by atoms with Crippen molar-refractivity contribution >= 4 is 39.0 Å². The Morgan fingerprint density at radius 2 is 2.03 bits per heavy atom. The molecule has 3 rings (SSSR count). The fourth-order valence-corrected chi connectivity index (χ4v) is 5.31. The van der Waals surface area contributed by atoms with Gasteiger partial charge in [0.1, 0.15) is 11.9 Å². The molecule has 1 atom stereocenters. The highest BCUT2D eigenvalue weighted by Crippen LogP contribution is 2.33. The van der Waals surface area contributed by atoms with Crippen LogP contribution >= 0.6 is 27.3 Å². The number of rotatable bonds is 13. The highest BCUT2D eigenvalue weighted by molar-refractivity contribution is 9.09. The monoisotopic (exact) mass is 539 g/mol. The molecule has 0 radical (unpaired) electrons. The molecular formula is C25H31BrFNO4S. The minimum atomic E-state index is -0.837. The van der Waals surface area contributed by atoms with Gasteiger partial charge in [0.05, 0.1) is 0 Å². The first kappa shape index (κ1) is 26.0. The Hall–Kier alpha value is -1.61. The highest BCUT2D eigenvalue weighted by atomic mass is 79.9. The Balaban J connectivity index is 1.40. The SMILES string of the molecule is CC(=O)Oc1cc2c(s1)CCN(CCCCCOC(C(=O)CCCBr)c1ccccc1F)C2. The molecule has 0 spiro atoms. The Kier molecular flexibility index (Phi) is 10.5. The zero-order valence-electron chi connectivity index (χ0n) is 19.0. The van der Waals surface area contributed by atoms with E-state index in [2.05, 4.69) is 20.8 Å². The molecule has 0 saturated heterocycles. The summed E-state index contributed by atoms with van der Waals surface area (Å²) in [5.41, 5.74) is 1.57. The number of carbonyl (C=O) groups excluding carboxylic acids is 2. The second-order valence-corrected chi connectivity index (χ2v) is 10.1. The summed E-state index contributed by atoms with van der Waals surface area (Å²) in [6, 6.07) is 8.34. The lowest BCUT2D eigenvalue weighted by Gasteiger charge is -2.26. The molecule has 8 heteroatoms. The van der Waals surface area contributed by atoms with Gasteiger partial charge in [-0.05, 0) is 56.3 Å². The number of ether oxygens (including phenoxy) is 2. The summed E-state index contributed by atoms with van der Waals surface area (Å²) in [6.07, 6.45) is 4.04. The van der Waals surface area contributed by atoms with Gasteiger partial charge < -0.3 is 9.47 Å². The minimum absolute atomic E-state index is 0.0763. The first-order valence-electron chi connectivity index (χ1n) is 11.4. The first-order valence-corrected chi connectivity index (χ1v) is 13.4. The number of carbonyl (C=O) groups is 2. The van der Waals surface area contributed by atoms with Crippen LogP contribution in [-0.4, -0.2) is 41.7 Å². The predicted molar refractivity (Wildman–Crippen MR) is 132 cm³/mol. The average molecular weight is 540 g/mol. The largest absolute Gasteiger partial charge is 0.416 e. The van der Waals surface area contributed by atoms with Crippen LogP contribution in [0.2, 0.25) is 0 Å². The smallest absolute Gasteiger partial charge is 0.308 e. The lowest BCUT2D eigenvalue weighted by molar-refractivity contribution is -0.132. The third-order valence-corrected chi connectivity index (χ3v) is 7.28. The van der Waals surface area contributed by atoms with Crippen molar-refractivity contribution < 1.29 is 23.5 Å². The van der Waals surface area contributed by atoms with Gasteiger partial charge in [0.25, 0.3) is 0 Å². The van der Waals surface area contributed by atoms with E-state index >= 15 is 0 Å². The summed E-state index contributed by atoms with van der Waals surface area (Å²) in [7, 11) is 0. The van der Waals surface area contributed by atoms with Crippen molar-refractivity contribution in [1.82, 2.24) is 4.90 Å². The van der Waals surface area contributed by atoms with Gasteiger partial charge in [0.15, 0.2) is 10.8 Å². The average Bonchev–Trinajstić information content (AvgIpc) is 3.18. The molecule has 0 saturated carbocycles. The summed E-state index contributed by atoms with van der Waals surface area (Å²) >= 11 is 4.91. The Bertz CT molecular complexity index is 935. The van der Waals surface area contributed by atoms with Crippen LogP contribution in [0.25, 0.3) is 0 Å². The molecule has 1 aliphatic heterocycles. The molecule has 1 unspecified atom stereocenters. The minimum Gasteiger partial charge on any atom is -0.416 e. The van der Waals surface area contributed by atoms with Gasteiger partial charge in [-0.2, -0.15) is 0 Å². The maximum Gasteiger partial charge on any atom is 0.308 e. The number of halogens is 2. The fraction of sp³-hybridized carbons (Fsp3) is 0.520. The van der Waals surface area contributed by atoms with Gasteiger partial charge in [-0.15, -0.1) is 11.3 Å². The van der Waals surface area contributed by atoms with Gasteiger partial charge in [-0.25, -0.2) is 4.39 Å². The zero-order chi connectivity index (χ0) is 23.6. The Morgan fingerprint density at radius 1 is 1.21 bits per heavy atom. The number of nitrogens with zero attached hydrogens (tertiary/aromatic N) is 1. The van der Waals surface area contributed by atoms with E-state index in [0.717, 1.165) is 50.6 Å². The Morgan fingerprint density at radius 3 is 2.79 bits per heavy atom. The molecule has 180 valence electrons. The lowest BCUT2D eigenvalue weighted by atomic mass is 10.0. The molecule has 1 aliphatic rings. The quantitative estimate of drug-likeness (QED) is 0.182. The topological polar surface area (TPSA) is 55.8 Å². The normalized spacial score (nSPS) is 14.6. The van der Waals surface area contributed by atoms with Crippen LogP contribution in [-0.2, 0) is 27.3 Å². The molecule has 33 heavy (non-hydrogen) atoms. The molecule has 0 bridgehead atoms. The van der Waals surface area contributed by atoms with Gasteiger partial charge in [-0.1, -0.05) is 34.1 Å². The van der Waals surface area contributed by atoms with Crippen LogP contribution in [0.15, 0.2) is 30.3 Å². The van der Waals surface area contributed by atoms with Crippen LogP contribution in [0.4, 0.5) is 4.39 Å². The number of thiophene rings is 1. The van der Waals surface area contributed by atoms with Crippen molar-refractivity contribution in [2.75, 3.05) is 25.0 Å². The van der Waals surface area contributed by atoms with Crippen molar-refractivity contribution in [3.8, 4) is 5.06 Å². The molecular weight excluding hydrogens is 509 g/mol. The van der Waals surface area contributed by atoms with Gasteiger partial charge in [0.2, 0.25) is 0 Å². The van der Waals surface area contributed by atoms with Crippen LogP contribution in [0.3, 0.4) is 0 Å². The molecule has 5 nitrogen and oxygen atoms in total. The van der Waals surface area contributed by atoms with Crippen molar-refractivity contribution in [3.05, 3.63) is 52.2 Å². The van der Waals surface area contributed by atoms with E-state index in [4.69, 9.17) is 9.47 Å². The van der Waals surface area contributed by atoms with Crippen LogP contribution in [0, 0.1) is 5.82 Å². The van der Waals surface area contributed by atoms with Gasteiger partial charge >= 0.3 is 5.97 Å². The Labute approximate surface area is 207 Å². The molecule has 1 aromatic heterocycles. The number of hydrogen-bond donors (Lipinski definition) is 0. The maximum atomic E-state index is 14.3. The highest BCUT2D eigenvalue weighted by Gasteiger charge is 2.24. The maximum absolute atomic E-state index is 14.3. The molecule has 0 amide bonds. The summed E-state index contributed by atoms with van der Waals surface area (Å²) in [5.74, 6) is -0.758. The van der Waals surface area contributed by atoms with Crippen molar-refractivity contribution in [2.45, 2.75) is 58.1 Å². The number of esters is 1. The molecule has 0 N–H and O–H groups in total. The van der Waals surface area contributed by atoms with Gasteiger partial charge in [-0.3, -0.25) is 14.5 Å². The molecule has 0 fully saturated rings. The number of ketones is 1. The number of alkyl halides is 1. The standard InChI is InChI=1S/C25H31BrFNO4S/c1-18(29)32-24-16-19-17-28(14-11-23(19)33-24)13-5-2-6-15-31-25(22(30)10-7-12-26)20-8-3-4-9-21(20)27/h3-4,8-9,16,25H,2,5-7,10-15,17H2,1H3. The first-order chi connectivity index (χ1) is 16.0. The summed E-state index contributed by atoms with van der Waals surface area (Å²) in [4.78, 5) is 27.5. The van der Waals surface area contributed by atoms with E-state index in [-0.39, 0.29) is 11.8 Å². The van der Waals surface area contributed by atoms with E-state index in [9.17, 15) is 14.0 Å². The van der Waals surface area contributed by atoms with Crippen molar-refractivity contribution in [2.24, 2.45) is 0 Å². The molecule has 2 aromatic rings. The third kappa shape index (κ3) is 7.98. The second-order valence-electron chi connectivity index (χ2n) is 8.23. The number of fused-ring (bicyclic) bond motifs is 1. The summed E-state index contributed by atoms with van der Waals surface area (Å²) in [5, 5.41) is 1.42. The number of unbranched alkanes of at least 4 members (excludes halogenated alkanes) is 2. The van der Waals surface area contributed by atoms with Crippen LogP contribution in [0.1, 0.15) is 61.1 Å². The van der Waals surface area contributed by atoms with E-state index in [1.807, 2.05) is 6.07 Å². The number of hydrogen-bond acceptors (Lipinski definition) is 6. The predicted octanol–water partition coefficient (Wildman–Crippen LogP) is 5.84. The third-order valence-electron chi connectivity index (χ3n) is 5.61. The van der Waals surface area contributed by atoms with E-state index in [1.165, 1.54) is 23.4 Å². The number of benzene rings is 1. The molecule has 0 aliphatic carbocycles.